The van der Waals surface area contributed by atoms with Gasteiger partial charge in [0.1, 0.15) is 12.6 Å². The third-order valence-electron chi connectivity index (χ3n) is 7.37. The lowest BCUT2D eigenvalue weighted by atomic mass is 10.1. The van der Waals surface area contributed by atoms with Crippen molar-refractivity contribution in [3.8, 4) is 0 Å². The molecule has 3 rings (SSSR count). The highest BCUT2D eigenvalue weighted by molar-refractivity contribution is 7.92. The molecule has 0 aliphatic rings. The summed E-state index contributed by atoms with van der Waals surface area (Å²) in [7, 11) is -4.08. The fourth-order valence-corrected chi connectivity index (χ4v) is 6.06. The van der Waals surface area contributed by atoms with Gasteiger partial charge < -0.3 is 10.2 Å². The Kier molecular flexibility index (Phi) is 11.5. The van der Waals surface area contributed by atoms with Crippen molar-refractivity contribution in [2.75, 3.05) is 23.9 Å². The van der Waals surface area contributed by atoms with Crippen molar-refractivity contribution in [2.24, 2.45) is 0 Å². The molecule has 0 saturated carbocycles. The standard InChI is InChI=1S/C33H43N3O4S/c1-6-8-21-34-33(38)31(7-2)35(22-20-28-12-10-9-11-13-28)32(37)24-36(29-17-16-26(4)27(5)23-29)41(39,40)30-18-14-25(3)15-19-30/h9-19,23,31H,6-8,20-22,24H2,1-5H3,(H,34,38). The minimum absolute atomic E-state index is 0.106. The predicted octanol–water partition coefficient (Wildman–Crippen LogP) is 5.57. The Labute approximate surface area is 245 Å². The zero-order valence-corrected chi connectivity index (χ0v) is 25.7. The fourth-order valence-electron chi connectivity index (χ4n) is 4.65. The van der Waals surface area contributed by atoms with Crippen molar-refractivity contribution in [1.82, 2.24) is 10.2 Å². The minimum atomic E-state index is -4.08. The van der Waals surface area contributed by atoms with Crippen molar-refractivity contribution in [1.29, 1.82) is 0 Å². The zero-order chi connectivity index (χ0) is 30.0. The Bertz CT molecular complexity index is 1410. The molecule has 0 heterocycles. The number of amides is 2. The molecule has 8 heteroatoms. The van der Waals surface area contributed by atoms with Crippen molar-refractivity contribution < 1.29 is 18.0 Å². The number of aryl methyl sites for hydroxylation is 3. The Morgan fingerprint density at radius 1 is 0.878 bits per heavy atom. The molecular weight excluding hydrogens is 534 g/mol. The van der Waals surface area contributed by atoms with E-state index in [9.17, 15) is 18.0 Å². The third-order valence-corrected chi connectivity index (χ3v) is 9.15. The van der Waals surface area contributed by atoms with Gasteiger partial charge in [0.05, 0.1) is 10.6 Å². The molecule has 2 amide bonds. The van der Waals surface area contributed by atoms with Crippen LogP contribution in [-0.2, 0) is 26.0 Å². The van der Waals surface area contributed by atoms with Crippen LogP contribution in [0.15, 0.2) is 77.7 Å². The maximum atomic E-state index is 14.1. The Hall–Kier alpha value is -3.65. The van der Waals surface area contributed by atoms with Gasteiger partial charge in [0.2, 0.25) is 11.8 Å². The van der Waals surface area contributed by atoms with Gasteiger partial charge >= 0.3 is 0 Å². The number of sulfonamides is 1. The molecule has 0 radical (unpaired) electrons. The SMILES string of the molecule is CCCCNC(=O)C(CC)N(CCc1ccccc1)C(=O)CN(c1ccc(C)c(C)c1)S(=O)(=O)c1ccc(C)cc1. The Morgan fingerprint density at radius 2 is 1.56 bits per heavy atom. The number of nitrogens with one attached hydrogen (secondary N) is 1. The Balaban J connectivity index is 2.01. The van der Waals surface area contributed by atoms with Crippen LogP contribution in [0.1, 0.15) is 55.4 Å². The second-order valence-electron chi connectivity index (χ2n) is 10.5. The van der Waals surface area contributed by atoms with Crippen LogP contribution in [0.25, 0.3) is 0 Å². The monoisotopic (exact) mass is 577 g/mol. The van der Waals surface area contributed by atoms with Crippen LogP contribution in [0.3, 0.4) is 0 Å². The van der Waals surface area contributed by atoms with Gasteiger partial charge in [0.15, 0.2) is 0 Å². The first-order valence-electron chi connectivity index (χ1n) is 14.4. The first-order chi connectivity index (χ1) is 19.6. The van der Waals surface area contributed by atoms with Crippen molar-refractivity contribution in [3.05, 3.63) is 95.1 Å². The quantitative estimate of drug-likeness (QED) is 0.254. The number of carbonyl (C=O) groups is 2. The molecule has 1 N–H and O–H groups in total. The molecule has 0 aliphatic carbocycles. The van der Waals surface area contributed by atoms with E-state index in [1.165, 1.54) is 4.31 Å². The number of rotatable bonds is 14. The van der Waals surface area contributed by atoms with Crippen LogP contribution in [0.2, 0.25) is 0 Å². The highest BCUT2D eigenvalue weighted by atomic mass is 32.2. The van der Waals surface area contributed by atoms with E-state index in [0.717, 1.165) is 35.1 Å². The maximum Gasteiger partial charge on any atom is 0.264 e. The van der Waals surface area contributed by atoms with E-state index in [-0.39, 0.29) is 17.3 Å². The molecule has 41 heavy (non-hydrogen) atoms. The molecule has 0 fully saturated rings. The molecule has 220 valence electrons. The number of unbranched alkanes of at least 4 members (excludes halogenated alkanes) is 1. The molecule has 3 aromatic carbocycles. The molecular formula is C33H43N3O4S. The van der Waals surface area contributed by atoms with E-state index in [1.54, 1.807) is 41.3 Å². The Morgan fingerprint density at radius 3 is 2.17 bits per heavy atom. The first-order valence-corrected chi connectivity index (χ1v) is 15.8. The van der Waals surface area contributed by atoms with Gasteiger partial charge in [-0.3, -0.25) is 13.9 Å². The highest BCUT2D eigenvalue weighted by Crippen LogP contribution is 2.26. The largest absolute Gasteiger partial charge is 0.354 e. The lowest BCUT2D eigenvalue weighted by Gasteiger charge is -2.33. The smallest absolute Gasteiger partial charge is 0.264 e. The number of nitrogens with zero attached hydrogens (tertiary/aromatic N) is 2. The van der Waals surface area contributed by atoms with Crippen LogP contribution in [0.4, 0.5) is 5.69 Å². The van der Waals surface area contributed by atoms with E-state index in [0.29, 0.717) is 25.1 Å². The van der Waals surface area contributed by atoms with Crippen LogP contribution in [0, 0.1) is 20.8 Å². The average molecular weight is 578 g/mol. The summed E-state index contributed by atoms with van der Waals surface area (Å²) in [5.74, 6) is -0.645. The molecule has 0 aromatic heterocycles. The average Bonchev–Trinajstić information content (AvgIpc) is 2.96. The van der Waals surface area contributed by atoms with E-state index in [2.05, 4.69) is 12.2 Å². The summed E-state index contributed by atoms with van der Waals surface area (Å²) in [4.78, 5) is 29.0. The maximum absolute atomic E-state index is 14.1. The van der Waals surface area contributed by atoms with E-state index >= 15 is 0 Å². The van der Waals surface area contributed by atoms with E-state index in [1.807, 2.05) is 64.1 Å². The zero-order valence-electron chi connectivity index (χ0n) is 24.9. The third kappa shape index (κ3) is 8.43. The summed E-state index contributed by atoms with van der Waals surface area (Å²) in [6.07, 6.45) is 2.73. The van der Waals surface area contributed by atoms with Crippen molar-refractivity contribution in [3.63, 3.8) is 0 Å². The van der Waals surface area contributed by atoms with Crippen molar-refractivity contribution in [2.45, 2.75) is 71.2 Å². The van der Waals surface area contributed by atoms with Gasteiger partial charge in [-0.25, -0.2) is 8.42 Å². The van der Waals surface area contributed by atoms with E-state index < -0.39 is 28.5 Å². The molecule has 1 unspecified atom stereocenters. The molecule has 1 atom stereocenters. The van der Waals surface area contributed by atoms with Crippen LogP contribution < -0.4 is 9.62 Å². The normalized spacial score (nSPS) is 12.0. The van der Waals surface area contributed by atoms with Crippen LogP contribution >= 0.6 is 0 Å². The number of benzene rings is 3. The number of hydrogen-bond acceptors (Lipinski definition) is 4. The first kappa shape index (κ1) is 31.9. The molecule has 0 saturated heterocycles. The lowest BCUT2D eigenvalue weighted by Crippen LogP contribution is -2.53. The second-order valence-corrected chi connectivity index (χ2v) is 12.3. The molecule has 0 aliphatic heterocycles. The highest BCUT2D eigenvalue weighted by Gasteiger charge is 2.33. The second kappa shape index (κ2) is 14.8. The summed E-state index contributed by atoms with van der Waals surface area (Å²) < 4.78 is 29.2. The lowest BCUT2D eigenvalue weighted by molar-refractivity contribution is -0.139. The van der Waals surface area contributed by atoms with E-state index in [4.69, 9.17) is 0 Å². The van der Waals surface area contributed by atoms with Gasteiger partial charge in [-0.05, 0) is 81.0 Å². The van der Waals surface area contributed by atoms with Gasteiger partial charge in [-0.15, -0.1) is 0 Å². The topological polar surface area (TPSA) is 86.8 Å². The molecule has 0 spiro atoms. The predicted molar refractivity (Wildman–Crippen MR) is 165 cm³/mol. The molecule has 3 aromatic rings. The molecule has 0 bridgehead atoms. The van der Waals surface area contributed by atoms with Crippen molar-refractivity contribution >= 4 is 27.5 Å². The number of carbonyl (C=O) groups excluding carboxylic acids is 2. The minimum Gasteiger partial charge on any atom is -0.354 e. The molecule has 7 nitrogen and oxygen atoms in total. The van der Waals surface area contributed by atoms with Crippen LogP contribution in [-0.4, -0.2) is 50.8 Å². The van der Waals surface area contributed by atoms with Gasteiger partial charge in [-0.1, -0.05) is 74.4 Å². The number of hydrogen-bond donors (Lipinski definition) is 1. The number of anilines is 1. The van der Waals surface area contributed by atoms with Gasteiger partial charge in [-0.2, -0.15) is 0 Å². The van der Waals surface area contributed by atoms with Crippen LogP contribution in [0.5, 0.6) is 0 Å². The summed E-state index contributed by atoms with van der Waals surface area (Å²) in [5, 5.41) is 2.96. The van der Waals surface area contributed by atoms with Gasteiger partial charge in [0.25, 0.3) is 10.0 Å². The summed E-state index contributed by atoms with van der Waals surface area (Å²) >= 11 is 0. The summed E-state index contributed by atoms with van der Waals surface area (Å²) in [6.45, 7) is 10.1. The summed E-state index contributed by atoms with van der Waals surface area (Å²) in [5.41, 5.74) is 4.31. The summed E-state index contributed by atoms with van der Waals surface area (Å²) in [6, 6.07) is 21.0. The fraction of sp³-hybridized carbons (Fsp3) is 0.394. The van der Waals surface area contributed by atoms with Gasteiger partial charge in [0, 0.05) is 13.1 Å².